The van der Waals surface area contributed by atoms with Crippen molar-refractivity contribution < 1.29 is 4.39 Å². The van der Waals surface area contributed by atoms with Crippen LogP contribution in [0.15, 0.2) is 42.6 Å². The molecule has 4 rings (SSSR count). The third-order valence-corrected chi connectivity index (χ3v) is 5.20. The van der Waals surface area contributed by atoms with E-state index in [2.05, 4.69) is 44.7 Å². The fourth-order valence-corrected chi connectivity index (χ4v) is 3.95. The maximum absolute atomic E-state index is 14.0. The summed E-state index contributed by atoms with van der Waals surface area (Å²) in [4.78, 5) is 2.06. The molecule has 4 nitrogen and oxygen atoms in total. The molecule has 1 fully saturated rings. The van der Waals surface area contributed by atoms with E-state index in [4.69, 9.17) is 0 Å². The number of rotatable bonds is 4. The van der Waals surface area contributed by atoms with Crippen LogP contribution in [0.1, 0.15) is 24.0 Å². The fraction of sp³-hybridized carbons (Fsp3) is 0.474. The van der Waals surface area contributed by atoms with Crippen LogP contribution in [0, 0.1) is 0 Å². The molecule has 0 amide bonds. The minimum Gasteiger partial charge on any atom is -0.348 e. The molecule has 1 saturated heterocycles. The monoisotopic (exact) mass is 326 g/mol. The Bertz CT molecular complexity index is 678. The molecular formula is C19H23FN4. The van der Waals surface area contributed by atoms with Crippen LogP contribution in [-0.2, 0) is 12.8 Å². The van der Waals surface area contributed by atoms with E-state index in [-0.39, 0.29) is 6.04 Å². The summed E-state index contributed by atoms with van der Waals surface area (Å²) in [6.45, 7) is 1.21. The Morgan fingerprint density at radius 2 is 2.04 bits per heavy atom. The normalized spacial score (nSPS) is 26.4. The number of fused-ring (bicyclic) bond motifs is 1. The molecule has 0 radical (unpaired) electrons. The molecule has 2 heterocycles. The van der Waals surface area contributed by atoms with Crippen LogP contribution in [0.4, 0.5) is 10.2 Å². The molecule has 0 unspecified atom stereocenters. The topological polar surface area (TPSA) is 41.0 Å². The average molecular weight is 326 g/mol. The van der Waals surface area contributed by atoms with Gasteiger partial charge in [0.05, 0.1) is 6.54 Å². The Labute approximate surface area is 142 Å². The van der Waals surface area contributed by atoms with E-state index in [0.717, 1.165) is 31.6 Å². The highest BCUT2D eigenvalue weighted by atomic mass is 19.1. The van der Waals surface area contributed by atoms with E-state index in [9.17, 15) is 4.39 Å². The fourth-order valence-electron chi connectivity index (χ4n) is 3.95. The maximum Gasteiger partial charge on any atom is 0.151 e. The number of aromatic nitrogens is 2. The summed E-state index contributed by atoms with van der Waals surface area (Å²) in [5.41, 5.74) is 2.92. The molecular weight excluding hydrogens is 303 g/mol. The van der Waals surface area contributed by atoms with Gasteiger partial charge in [0.2, 0.25) is 0 Å². The Morgan fingerprint density at radius 3 is 2.88 bits per heavy atom. The van der Waals surface area contributed by atoms with Crippen LogP contribution in [0.5, 0.6) is 0 Å². The van der Waals surface area contributed by atoms with Crippen LogP contribution in [0.2, 0.25) is 0 Å². The van der Waals surface area contributed by atoms with Gasteiger partial charge < -0.3 is 10.2 Å². The van der Waals surface area contributed by atoms with Crippen LogP contribution in [-0.4, -0.2) is 41.5 Å². The summed E-state index contributed by atoms with van der Waals surface area (Å²) >= 11 is 0. The Kier molecular flexibility index (Phi) is 4.43. The molecule has 1 N–H and O–H groups in total. The first-order valence-electron chi connectivity index (χ1n) is 8.78. The first kappa shape index (κ1) is 15.5. The molecule has 0 saturated carbocycles. The summed E-state index contributed by atoms with van der Waals surface area (Å²) < 4.78 is 14.0. The highest BCUT2D eigenvalue weighted by Crippen LogP contribution is 2.26. The molecule has 1 aromatic heterocycles. The SMILES string of the molecule is F[C@H]1C[C@@H](CN[C@@H]2CCc3ccccc3C2)N(c2cccnn2)C1. The van der Waals surface area contributed by atoms with Crippen molar-refractivity contribution in [3.05, 3.63) is 53.7 Å². The molecule has 0 spiro atoms. The van der Waals surface area contributed by atoms with Gasteiger partial charge in [0.25, 0.3) is 0 Å². The lowest BCUT2D eigenvalue weighted by Gasteiger charge is -2.30. The van der Waals surface area contributed by atoms with E-state index in [1.807, 2.05) is 12.1 Å². The van der Waals surface area contributed by atoms with Gasteiger partial charge in [0.1, 0.15) is 6.17 Å². The zero-order valence-corrected chi connectivity index (χ0v) is 13.7. The van der Waals surface area contributed by atoms with Crippen molar-refractivity contribution in [2.24, 2.45) is 0 Å². The number of nitrogens with zero attached hydrogens (tertiary/aromatic N) is 3. The van der Waals surface area contributed by atoms with Gasteiger partial charge in [-0.25, -0.2) is 4.39 Å². The molecule has 24 heavy (non-hydrogen) atoms. The number of anilines is 1. The van der Waals surface area contributed by atoms with Gasteiger partial charge >= 0.3 is 0 Å². The van der Waals surface area contributed by atoms with E-state index in [1.165, 1.54) is 11.1 Å². The molecule has 0 bridgehead atoms. The number of aryl methyl sites for hydroxylation is 1. The van der Waals surface area contributed by atoms with Crippen LogP contribution in [0.3, 0.4) is 0 Å². The van der Waals surface area contributed by atoms with Crippen molar-refractivity contribution >= 4 is 5.82 Å². The molecule has 1 aromatic carbocycles. The zero-order chi connectivity index (χ0) is 16.4. The van der Waals surface area contributed by atoms with Gasteiger partial charge in [0, 0.05) is 31.2 Å². The summed E-state index contributed by atoms with van der Waals surface area (Å²) in [5.74, 6) is 0.776. The third kappa shape index (κ3) is 3.26. The summed E-state index contributed by atoms with van der Waals surface area (Å²) in [6, 6.07) is 13.1. The molecule has 1 aliphatic heterocycles. The second-order valence-corrected chi connectivity index (χ2v) is 6.84. The van der Waals surface area contributed by atoms with Crippen LogP contribution < -0.4 is 10.2 Å². The lowest BCUT2D eigenvalue weighted by molar-refractivity contribution is 0.350. The van der Waals surface area contributed by atoms with Crippen LogP contribution in [0.25, 0.3) is 0 Å². The summed E-state index contributed by atoms with van der Waals surface area (Å²) in [7, 11) is 0. The van der Waals surface area contributed by atoms with E-state index < -0.39 is 6.17 Å². The molecule has 3 atom stereocenters. The lowest BCUT2D eigenvalue weighted by atomic mass is 9.88. The first-order valence-corrected chi connectivity index (χ1v) is 8.78. The Morgan fingerprint density at radius 1 is 1.17 bits per heavy atom. The van der Waals surface area contributed by atoms with E-state index in [0.29, 0.717) is 19.0 Å². The largest absolute Gasteiger partial charge is 0.348 e. The molecule has 2 aliphatic rings. The standard InChI is InChI=1S/C19H23FN4/c20-16-11-18(24(13-16)19-6-3-9-22-23-19)12-21-17-8-7-14-4-1-2-5-15(14)10-17/h1-6,9,16-18,21H,7-8,10-13H2/t16-,17+,18-/m0/s1. The van der Waals surface area contributed by atoms with Crippen molar-refractivity contribution in [1.29, 1.82) is 0 Å². The minimum atomic E-state index is -0.786. The summed E-state index contributed by atoms with van der Waals surface area (Å²) in [6.07, 6.45) is 4.76. The van der Waals surface area contributed by atoms with Crippen molar-refractivity contribution in [2.45, 2.75) is 43.9 Å². The summed E-state index contributed by atoms with van der Waals surface area (Å²) in [5, 5.41) is 11.7. The maximum atomic E-state index is 14.0. The van der Waals surface area contributed by atoms with Crippen LogP contribution >= 0.6 is 0 Å². The quantitative estimate of drug-likeness (QED) is 0.937. The molecule has 126 valence electrons. The van der Waals surface area contributed by atoms with E-state index >= 15 is 0 Å². The minimum absolute atomic E-state index is 0.147. The third-order valence-electron chi connectivity index (χ3n) is 5.20. The van der Waals surface area contributed by atoms with Gasteiger partial charge in [0.15, 0.2) is 5.82 Å². The molecule has 1 aliphatic carbocycles. The highest BCUT2D eigenvalue weighted by molar-refractivity contribution is 5.40. The van der Waals surface area contributed by atoms with Crippen molar-refractivity contribution in [1.82, 2.24) is 15.5 Å². The number of hydrogen-bond donors (Lipinski definition) is 1. The lowest BCUT2D eigenvalue weighted by Crippen LogP contribution is -2.44. The van der Waals surface area contributed by atoms with Crippen molar-refractivity contribution in [3.8, 4) is 0 Å². The van der Waals surface area contributed by atoms with E-state index in [1.54, 1.807) is 6.20 Å². The van der Waals surface area contributed by atoms with Gasteiger partial charge in [-0.05, 0) is 42.5 Å². The smallest absolute Gasteiger partial charge is 0.151 e. The average Bonchev–Trinajstić information content (AvgIpc) is 3.01. The van der Waals surface area contributed by atoms with Gasteiger partial charge in [-0.15, -0.1) is 5.10 Å². The highest BCUT2D eigenvalue weighted by Gasteiger charge is 2.33. The second-order valence-electron chi connectivity index (χ2n) is 6.84. The number of nitrogens with one attached hydrogen (secondary N) is 1. The number of halogens is 1. The van der Waals surface area contributed by atoms with Gasteiger partial charge in [-0.1, -0.05) is 24.3 Å². The number of benzene rings is 1. The predicted molar refractivity (Wildman–Crippen MR) is 92.9 cm³/mol. The number of alkyl halides is 1. The van der Waals surface area contributed by atoms with Gasteiger partial charge in [-0.2, -0.15) is 5.10 Å². The predicted octanol–water partition coefficient (Wildman–Crippen LogP) is 2.54. The second kappa shape index (κ2) is 6.85. The zero-order valence-electron chi connectivity index (χ0n) is 13.7. The van der Waals surface area contributed by atoms with Crippen molar-refractivity contribution in [2.75, 3.05) is 18.0 Å². The van der Waals surface area contributed by atoms with Crippen molar-refractivity contribution in [3.63, 3.8) is 0 Å². The molecule has 5 heteroatoms. The van der Waals surface area contributed by atoms with Gasteiger partial charge in [-0.3, -0.25) is 0 Å². The molecule has 2 aromatic rings. The Balaban J connectivity index is 1.38. The Hall–Kier alpha value is -2.01. The number of hydrogen-bond acceptors (Lipinski definition) is 4. The first-order chi connectivity index (χ1) is 11.8.